The Hall–Kier alpha value is -1.67. The van der Waals surface area contributed by atoms with E-state index in [4.69, 9.17) is 4.74 Å². The van der Waals surface area contributed by atoms with Crippen molar-refractivity contribution in [2.45, 2.75) is 50.8 Å². The molecule has 4 N–H and O–H groups in total. The Morgan fingerprint density at radius 1 is 1.28 bits per heavy atom. The second-order valence-electron chi connectivity index (χ2n) is 6.79. The number of benzene rings is 1. The number of rotatable bonds is 7. The third-order valence-electron chi connectivity index (χ3n) is 4.31. The van der Waals surface area contributed by atoms with Crippen LogP contribution in [0.1, 0.15) is 19.4 Å². The summed E-state index contributed by atoms with van der Waals surface area (Å²) in [5, 5.41) is 25.5. The van der Waals surface area contributed by atoms with E-state index >= 15 is 0 Å². The molecule has 7 heteroatoms. The lowest BCUT2D eigenvalue weighted by atomic mass is 10.0. The van der Waals surface area contributed by atoms with Crippen LogP contribution in [0, 0.1) is 0 Å². The maximum absolute atomic E-state index is 11.8. The Balaban J connectivity index is 2.01. The van der Waals surface area contributed by atoms with Gasteiger partial charge in [-0.05, 0) is 26.5 Å². The van der Waals surface area contributed by atoms with Gasteiger partial charge in [0.1, 0.15) is 12.2 Å². The van der Waals surface area contributed by atoms with Gasteiger partial charge < -0.3 is 25.6 Å². The number of aliphatic hydroxyl groups is 2. The maximum atomic E-state index is 11.8. The van der Waals surface area contributed by atoms with Crippen LogP contribution in [0.3, 0.4) is 0 Å². The molecular formula is C18H29N3O4. The fourth-order valence-corrected chi connectivity index (χ4v) is 3.17. The number of carbonyl (C=O) groups is 1. The lowest BCUT2D eigenvalue weighted by molar-refractivity contribution is -0.0206. The number of amides is 2. The van der Waals surface area contributed by atoms with E-state index in [-0.39, 0.29) is 31.3 Å². The molecule has 4 atom stereocenters. The molecule has 1 fully saturated rings. The number of likely N-dealkylation sites (N-methyl/N-ethyl adjacent to an activating group) is 1. The van der Waals surface area contributed by atoms with E-state index in [1.54, 1.807) is 0 Å². The van der Waals surface area contributed by atoms with Crippen LogP contribution in [0.5, 0.6) is 0 Å². The van der Waals surface area contributed by atoms with Crippen LogP contribution in [0.25, 0.3) is 0 Å². The molecule has 140 valence electrons. The minimum Gasteiger partial charge on any atom is -0.394 e. The number of aliphatic hydroxyl groups excluding tert-OH is 2. The molecule has 1 aromatic carbocycles. The van der Waals surface area contributed by atoms with Gasteiger partial charge in [-0.25, -0.2) is 4.79 Å². The molecule has 0 spiro atoms. The molecule has 7 nitrogen and oxygen atoms in total. The van der Waals surface area contributed by atoms with E-state index in [9.17, 15) is 15.0 Å². The molecule has 2 rings (SSSR count). The summed E-state index contributed by atoms with van der Waals surface area (Å²) >= 11 is 0. The molecule has 0 aromatic heterocycles. The zero-order valence-corrected chi connectivity index (χ0v) is 15.1. The van der Waals surface area contributed by atoms with Crippen LogP contribution in [0.2, 0.25) is 0 Å². The fraction of sp³-hybridized carbons (Fsp3) is 0.611. The Kier molecular flexibility index (Phi) is 7.19. The summed E-state index contributed by atoms with van der Waals surface area (Å²) in [6, 6.07) is 9.38. The topological polar surface area (TPSA) is 94.1 Å². The molecule has 0 aliphatic carbocycles. The fourth-order valence-electron chi connectivity index (χ4n) is 3.17. The first-order valence-electron chi connectivity index (χ1n) is 8.65. The Morgan fingerprint density at radius 3 is 2.56 bits per heavy atom. The smallest absolute Gasteiger partial charge is 0.315 e. The number of hydrogen-bond donors (Lipinski definition) is 4. The van der Waals surface area contributed by atoms with Crippen molar-refractivity contribution >= 4 is 6.03 Å². The van der Waals surface area contributed by atoms with Crippen molar-refractivity contribution in [3.05, 3.63) is 35.9 Å². The molecule has 0 bridgehead atoms. The first-order chi connectivity index (χ1) is 11.9. The number of hydrogen-bond acceptors (Lipinski definition) is 5. The summed E-state index contributed by atoms with van der Waals surface area (Å²) < 4.78 is 5.77. The Labute approximate surface area is 149 Å². The van der Waals surface area contributed by atoms with Crippen molar-refractivity contribution < 1.29 is 19.7 Å². The second kappa shape index (κ2) is 9.15. The van der Waals surface area contributed by atoms with Gasteiger partial charge in [-0.2, -0.15) is 0 Å². The number of ether oxygens (including phenoxy) is 1. The zero-order valence-electron chi connectivity index (χ0n) is 15.1. The molecule has 25 heavy (non-hydrogen) atoms. The molecule has 1 saturated heterocycles. The highest BCUT2D eigenvalue weighted by Crippen LogP contribution is 2.26. The second-order valence-corrected chi connectivity index (χ2v) is 6.79. The molecule has 2 amide bonds. The van der Waals surface area contributed by atoms with Crippen molar-refractivity contribution in [2.75, 3.05) is 20.2 Å². The van der Waals surface area contributed by atoms with Crippen molar-refractivity contribution in [1.29, 1.82) is 0 Å². The van der Waals surface area contributed by atoms with E-state index in [2.05, 4.69) is 10.6 Å². The van der Waals surface area contributed by atoms with Crippen LogP contribution >= 0.6 is 0 Å². The molecule has 1 heterocycles. The Bertz CT molecular complexity index is 540. The number of nitrogens with one attached hydrogen (secondary N) is 2. The minimum atomic E-state index is -0.821. The summed E-state index contributed by atoms with van der Waals surface area (Å²) in [4.78, 5) is 13.8. The molecule has 0 unspecified atom stereocenters. The molecular weight excluding hydrogens is 322 g/mol. The lowest BCUT2D eigenvalue weighted by Gasteiger charge is -2.30. The van der Waals surface area contributed by atoms with Gasteiger partial charge in [-0.1, -0.05) is 30.3 Å². The quantitative estimate of drug-likeness (QED) is 0.567. The van der Waals surface area contributed by atoms with Crippen LogP contribution in [-0.2, 0) is 11.3 Å². The van der Waals surface area contributed by atoms with Crippen LogP contribution in [0.4, 0.5) is 4.79 Å². The van der Waals surface area contributed by atoms with Gasteiger partial charge in [-0.3, -0.25) is 4.90 Å². The third kappa shape index (κ3) is 5.40. The van der Waals surface area contributed by atoms with Crippen LogP contribution in [-0.4, -0.2) is 71.7 Å². The van der Waals surface area contributed by atoms with Crippen molar-refractivity contribution in [3.63, 3.8) is 0 Å². The van der Waals surface area contributed by atoms with Gasteiger partial charge in [0.2, 0.25) is 0 Å². The average molecular weight is 351 g/mol. The molecule has 1 aromatic rings. The zero-order chi connectivity index (χ0) is 18.4. The molecule has 1 aliphatic rings. The molecule has 0 saturated carbocycles. The molecule has 1 aliphatic heterocycles. The van der Waals surface area contributed by atoms with Gasteiger partial charge in [0.15, 0.2) is 0 Å². The third-order valence-corrected chi connectivity index (χ3v) is 4.31. The van der Waals surface area contributed by atoms with Crippen LogP contribution < -0.4 is 10.6 Å². The van der Waals surface area contributed by atoms with E-state index in [1.165, 1.54) is 0 Å². The lowest BCUT2D eigenvalue weighted by Crippen LogP contribution is -2.50. The number of carbonyl (C=O) groups excluding carboxylic acids is 1. The Morgan fingerprint density at radius 2 is 1.96 bits per heavy atom. The van der Waals surface area contributed by atoms with Gasteiger partial charge in [-0.15, -0.1) is 0 Å². The summed E-state index contributed by atoms with van der Waals surface area (Å²) in [7, 11) is 1.91. The van der Waals surface area contributed by atoms with Gasteiger partial charge >= 0.3 is 6.03 Å². The van der Waals surface area contributed by atoms with Crippen LogP contribution in [0.15, 0.2) is 30.3 Å². The summed E-state index contributed by atoms with van der Waals surface area (Å²) in [6.45, 7) is 4.40. The average Bonchev–Trinajstić information content (AvgIpc) is 2.89. The highest BCUT2D eigenvalue weighted by atomic mass is 16.5. The van der Waals surface area contributed by atoms with Gasteiger partial charge in [0.25, 0.3) is 0 Å². The standard InChI is InChI=1S/C18H29N3O4/c1-12(2)20-18(24)19-9-14-16(17(23)15(11-22)25-14)21(3)10-13-7-5-4-6-8-13/h4-8,12,14-17,22-23H,9-11H2,1-3H3,(H2,19,20,24)/t14-,15-,16-,17+/m0/s1. The van der Waals surface area contributed by atoms with Crippen molar-refractivity contribution in [1.82, 2.24) is 15.5 Å². The SMILES string of the molecule is CC(C)NC(=O)NC[C@@H]1O[C@@H](CO)[C@@H](O)[C@H]1N(C)Cc1ccccc1. The minimum absolute atomic E-state index is 0.0387. The van der Waals surface area contributed by atoms with E-state index in [0.717, 1.165) is 5.56 Å². The van der Waals surface area contributed by atoms with Gasteiger partial charge in [0, 0.05) is 19.1 Å². The number of nitrogens with zero attached hydrogens (tertiary/aromatic N) is 1. The largest absolute Gasteiger partial charge is 0.394 e. The first-order valence-corrected chi connectivity index (χ1v) is 8.65. The monoisotopic (exact) mass is 351 g/mol. The maximum Gasteiger partial charge on any atom is 0.315 e. The van der Waals surface area contributed by atoms with E-state index in [0.29, 0.717) is 6.54 Å². The normalized spacial score (nSPS) is 26.2. The van der Waals surface area contributed by atoms with E-state index < -0.39 is 18.3 Å². The van der Waals surface area contributed by atoms with E-state index in [1.807, 2.05) is 56.1 Å². The first kappa shape index (κ1) is 19.7. The molecule has 0 radical (unpaired) electrons. The highest BCUT2D eigenvalue weighted by Gasteiger charge is 2.45. The summed E-state index contributed by atoms with van der Waals surface area (Å²) in [5.74, 6) is 0. The predicted molar refractivity (Wildman–Crippen MR) is 95.1 cm³/mol. The van der Waals surface area contributed by atoms with Crippen molar-refractivity contribution in [3.8, 4) is 0 Å². The summed E-state index contributed by atoms with van der Waals surface area (Å²) in [5.41, 5.74) is 1.12. The highest BCUT2D eigenvalue weighted by molar-refractivity contribution is 5.74. The number of urea groups is 1. The predicted octanol–water partition coefficient (Wildman–Crippen LogP) is 0.315. The van der Waals surface area contributed by atoms with Gasteiger partial charge in [0.05, 0.1) is 18.8 Å². The summed E-state index contributed by atoms with van der Waals surface area (Å²) in [6.07, 6.45) is -1.87. The van der Waals surface area contributed by atoms with Crippen molar-refractivity contribution in [2.24, 2.45) is 0 Å².